The molecule has 2 aliphatic heterocycles. The highest BCUT2D eigenvalue weighted by molar-refractivity contribution is 5.94. The molecule has 2 amide bonds. The summed E-state index contributed by atoms with van der Waals surface area (Å²) < 4.78 is 0. The fourth-order valence-electron chi connectivity index (χ4n) is 4.44. The van der Waals surface area contributed by atoms with Gasteiger partial charge in [0, 0.05) is 71.0 Å². The molecule has 0 spiro atoms. The van der Waals surface area contributed by atoms with Crippen molar-refractivity contribution in [3.05, 3.63) is 29.3 Å². The highest BCUT2D eigenvalue weighted by Crippen LogP contribution is 2.20. The van der Waals surface area contributed by atoms with E-state index in [-0.39, 0.29) is 18.2 Å². The molecule has 33 heavy (non-hydrogen) atoms. The maximum absolute atomic E-state index is 12.6. The Morgan fingerprint density at radius 1 is 0.939 bits per heavy atom. The van der Waals surface area contributed by atoms with Gasteiger partial charge in [0.05, 0.1) is 12.5 Å². The van der Waals surface area contributed by atoms with E-state index in [2.05, 4.69) is 27.1 Å². The van der Waals surface area contributed by atoms with Crippen molar-refractivity contribution in [3.8, 4) is 0 Å². The lowest BCUT2D eigenvalue weighted by molar-refractivity contribution is -0.144. The number of hydrogen-bond donors (Lipinski definition) is 2. The van der Waals surface area contributed by atoms with E-state index < -0.39 is 11.9 Å². The molecule has 0 saturated carbocycles. The zero-order chi connectivity index (χ0) is 24.0. The molecule has 2 aliphatic rings. The number of carbonyl (C=O) groups is 3. The quantitative estimate of drug-likeness (QED) is 0.592. The van der Waals surface area contributed by atoms with Crippen molar-refractivity contribution in [3.63, 3.8) is 0 Å². The third-order valence-electron chi connectivity index (χ3n) is 6.68. The van der Waals surface area contributed by atoms with Crippen molar-refractivity contribution in [1.82, 2.24) is 19.6 Å². The van der Waals surface area contributed by atoms with Crippen molar-refractivity contribution in [1.29, 1.82) is 0 Å². The molecule has 0 radical (unpaired) electrons. The molecule has 0 aliphatic carbocycles. The topological polar surface area (TPSA) is 96.4 Å². The number of para-hydroxylation sites is 1. The molecule has 1 aromatic rings. The summed E-state index contributed by atoms with van der Waals surface area (Å²) in [7, 11) is 2.07. The van der Waals surface area contributed by atoms with Crippen LogP contribution in [0.15, 0.2) is 18.2 Å². The molecular formula is C24H37N5O4. The van der Waals surface area contributed by atoms with Gasteiger partial charge >= 0.3 is 5.97 Å². The molecule has 2 fully saturated rings. The van der Waals surface area contributed by atoms with Gasteiger partial charge in [0.1, 0.15) is 0 Å². The van der Waals surface area contributed by atoms with E-state index in [0.29, 0.717) is 26.2 Å². The first-order chi connectivity index (χ1) is 15.7. The second-order valence-corrected chi connectivity index (χ2v) is 9.32. The number of hydrogen-bond acceptors (Lipinski definition) is 6. The molecule has 182 valence electrons. The van der Waals surface area contributed by atoms with Crippen LogP contribution in [0, 0.1) is 19.8 Å². The summed E-state index contributed by atoms with van der Waals surface area (Å²) in [5.74, 6) is -1.84. The maximum Gasteiger partial charge on any atom is 0.308 e. The van der Waals surface area contributed by atoms with Crippen LogP contribution >= 0.6 is 0 Å². The largest absolute Gasteiger partial charge is 0.481 e. The number of amides is 2. The normalized spacial score (nSPS) is 19.3. The zero-order valence-electron chi connectivity index (χ0n) is 20.0. The molecule has 2 heterocycles. The first kappa shape index (κ1) is 25.1. The van der Waals surface area contributed by atoms with E-state index in [9.17, 15) is 19.5 Å². The first-order valence-electron chi connectivity index (χ1n) is 11.7. The van der Waals surface area contributed by atoms with Crippen molar-refractivity contribution < 1.29 is 19.5 Å². The Morgan fingerprint density at radius 2 is 1.52 bits per heavy atom. The molecule has 2 saturated heterocycles. The first-order valence-corrected chi connectivity index (χ1v) is 11.7. The van der Waals surface area contributed by atoms with E-state index >= 15 is 0 Å². The highest BCUT2D eigenvalue weighted by atomic mass is 16.4. The minimum Gasteiger partial charge on any atom is -0.481 e. The summed E-state index contributed by atoms with van der Waals surface area (Å²) in [5.41, 5.74) is 2.67. The van der Waals surface area contributed by atoms with Gasteiger partial charge in [0.25, 0.3) is 0 Å². The maximum atomic E-state index is 12.6. The number of carboxylic acid groups (broad SMARTS) is 1. The molecule has 1 atom stereocenters. The van der Waals surface area contributed by atoms with Gasteiger partial charge in [-0.1, -0.05) is 18.2 Å². The average molecular weight is 460 g/mol. The van der Waals surface area contributed by atoms with Gasteiger partial charge in [0.2, 0.25) is 11.8 Å². The predicted octanol–water partition coefficient (Wildman–Crippen LogP) is 0.724. The number of nitrogens with one attached hydrogen (secondary N) is 1. The van der Waals surface area contributed by atoms with Gasteiger partial charge in [-0.15, -0.1) is 0 Å². The highest BCUT2D eigenvalue weighted by Gasteiger charge is 2.28. The van der Waals surface area contributed by atoms with Crippen molar-refractivity contribution >= 4 is 23.5 Å². The van der Waals surface area contributed by atoms with Crippen LogP contribution in [-0.2, 0) is 14.4 Å². The summed E-state index contributed by atoms with van der Waals surface area (Å²) in [6.45, 7) is 10.8. The number of piperazine rings is 2. The summed E-state index contributed by atoms with van der Waals surface area (Å²) in [6.07, 6.45) is -0.0643. The van der Waals surface area contributed by atoms with Gasteiger partial charge < -0.3 is 20.2 Å². The number of benzene rings is 1. The van der Waals surface area contributed by atoms with Crippen LogP contribution < -0.4 is 5.32 Å². The van der Waals surface area contributed by atoms with Crippen LogP contribution in [0.2, 0.25) is 0 Å². The second kappa shape index (κ2) is 11.6. The van der Waals surface area contributed by atoms with Gasteiger partial charge in [0.15, 0.2) is 0 Å². The third-order valence-corrected chi connectivity index (χ3v) is 6.68. The number of carboxylic acids is 1. The third kappa shape index (κ3) is 7.25. The van der Waals surface area contributed by atoms with Crippen molar-refractivity contribution in [2.24, 2.45) is 5.92 Å². The number of rotatable bonds is 8. The Morgan fingerprint density at radius 3 is 2.09 bits per heavy atom. The fourth-order valence-corrected chi connectivity index (χ4v) is 4.44. The monoisotopic (exact) mass is 459 g/mol. The number of nitrogens with zero attached hydrogens (tertiary/aromatic N) is 4. The SMILES string of the molecule is Cc1cccc(C)c1NC(=O)C[C@H](CN1CCN(CC(=O)N2CCN(C)CC2)CC1)C(=O)O. The van der Waals surface area contributed by atoms with E-state index in [4.69, 9.17) is 0 Å². The Balaban J connectivity index is 1.45. The molecule has 9 heteroatoms. The van der Waals surface area contributed by atoms with Gasteiger partial charge in [-0.2, -0.15) is 0 Å². The van der Waals surface area contributed by atoms with E-state index in [1.54, 1.807) is 0 Å². The lowest BCUT2D eigenvalue weighted by Gasteiger charge is -2.37. The van der Waals surface area contributed by atoms with E-state index in [1.165, 1.54) is 0 Å². The van der Waals surface area contributed by atoms with E-state index in [0.717, 1.165) is 56.1 Å². The molecular weight excluding hydrogens is 422 g/mol. The molecule has 0 aromatic heterocycles. The van der Waals surface area contributed by atoms with Gasteiger partial charge in [-0.25, -0.2) is 0 Å². The number of carbonyl (C=O) groups excluding carboxylic acids is 2. The van der Waals surface area contributed by atoms with Crippen LogP contribution in [0.1, 0.15) is 17.5 Å². The summed E-state index contributed by atoms with van der Waals surface area (Å²) in [6, 6.07) is 5.77. The molecule has 0 bridgehead atoms. The average Bonchev–Trinajstić information content (AvgIpc) is 2.77. The molecule has 1 aromatic carbocycles. The van der Waals surface area contributed by atoms with Crippen molar-refractivity contribution in [2.75, 3.05) is 77.8 Å². The van der Waals surface area contributed by atoms with E-state index in [1.807, 2.05) is 36.9 Å². The van der Waals surface area contributed by atoms with Gasteiger partial charge in [-0.05, 0) is 32.0 Å². The molecule has 2 N–H and O–H groups in total. The van der Waals surface area contributed by atoms with Crippen LogP contribution in [0.25, 0.3) is 0 Å². The minimum atomic E-state index is -0.959. The Kier molecular flexibility index (Phi) is 8.82. The molecule has 3 rings (SSSR count). The Labute approximate surface area is 196 Å². The second-order valence-electron chi connectivity index (χ2n) is 9.32. The summed E-state index contributed by atoms with van der Waals surface area (Å²) in [4.78, 5) is 45.4. The Hall–Kier alpha value is -2.49. The lowest BCUT2D eigenvalue weighted by atomic mass is 10.0. The molecule has 9 nitrogen and oxygen atoms in total. The standard InChI is InChI=1S/C24H37N5O4/c1-18-5-4-6-19(2)23(18)25-21(30)15-20(24(32)33)16-27-9-11-28(12-10-27)17-22(31)29-13-7-26(3)8-14-29/h4-6,20H,7-17H2,1-3H3,(H,25,30)(H,32,33)/t20-/m1/s1. The van der Waals surface area contributed by atoms with Crippen LogP contribution in [0.3, 0.4) is 0 Å². The van der Waals surface area contributed by atoms with Crippen LogP contribution in [-0.4, -0.2) is 115 Å². The number of likely N-dealkylation sites (N-methyl/N-ethyl adjacent to an activating group) is 1. The lowest BCUT2D eigenvalue weighted by Crippen LogP contribution is -2.53. The smallest absolute Gasteiger partial charge is 0.308 e. The Bertz CT molecular complexity index is 825. The molecule has 0 unspecified atom stereocenters. The van der Waals surface area contributed by atoms with Gasteiger partial charge in [-0.3, -0.25) is 24.2 Å². The number of aliphatic carboxylic acids is 1. The predicted molar refractivity (Wildman–Crippen MR) is 127 cm³/mol. The number of aryl methyl sites for hydroxylation is 2. The zero-order valence-corrected chi connectivity index (χ0v) is 20.0. The van der Waals surface area contributed by atoms with Crippen LogP contribution in [0.5, 0.6) is 0 Å². The fraction of sp³-hybridized carbons (Fsp3) is 0.625. The van der Waals surface area contributed by atoms with Crippen molar-refractivity contribution in [2.45, 2.75) is 20.3 Å². The summed E-state index contributed by atoms with van der Waals surface area (Å²) >= 11 is 0. The van der Waals surface area contributed by atoms with Crippen LogP contribution in [0.4, 0.5) is 5.69 Å². The number of anilines is 1. The minimum absolute atomic E-state index is 0.0643. The summed E-state index contributed by atoms with van der Waals surface area (Å²) in [5, 5.41) is 12.6.